The highest BCUT2D eigenvalue weighted by Gasteiger charge is 2.43. The Bertz CT molecular complexity index is 463. The van der Waals surface area contributed by atoms with Gasteiger partial charge in [-0.25, -0.2) is 0 Å². The maximum Gasteiger partial charge on any atom is 0.227 e. The van der Waals surface area contributed by atoms with E-state index in [2.05, 4.69) is 35.8 Å². The van der Waals surface area contributed by atoms with E-state index in [0.29, 0.717) is 0 Å². The number of hydrogen-bond acceptors (Lipinski definition) is 2. The Hall–Kier alpha value is -0.870. The fourth-order valence-corrected chi connectivity index (χ4v) is 3.05. The van der Waals surface area contributed by atoms with Crippen LogP contribution in [0.2, 0.25) is 0 Å². The predicted molar refractivity (Wildman–Crippen MR) is 80.6 cm³/mol. The second-order valence-corrected chi connectivity index (χ2v) is 6.09. The third kappa shape index (κ3) is 3.18. The number of carbonyl (C=O) groups excluding carboxylic acids is 1. The molecule has 0 heterocycles. The Morgan fingerprint density at radius 3 is 2.68 bits per heavy atom. The topological polar surface area (TPSA) is 46.3 Å². The van der Waals surface area contributed by atoms with Gasteiger partial charge in [-0.15, -0.1) is 0 Å². The van der Waals surface area contributed by atoms with E-state index in [0.717, 1.165) is 29.4 Å². The Balaban J connectivity index is 2.19. The Kier molecular flexibility index (Phi) is 4.63. The molecule has 3 nitrogen and oxygen atoms in total. The Morgan fingerprint density at radius 1 is 1.53 bits per heavy atom. The molecule has 0 saturated heterocycles. The summed E-state index contributed by atoms with van der Waals surface area (Å²) in [7, 11) is 0. The fourth-order valence-electron chi connectivity index (χ4n) is 2.43. The van der Waals surface area contributed by atoms with E-state index in [-0.39, 0.29) is 23.9 Å². The van der Waals surface area contributed by atoms with Gasteiger partial charge < -0.3 is 10.6 Å². The van der Waals surface area contributed by atoms with Crippen LogP contribution in [0, 0.1) is 5.92 Å². The number of hydrogen-bond donors (Lipinski definition) is 1. The zero-order valence-corrected chi connectivity index (χ0v) is 13.1. The zero-order valence-electron chi connectivity index (χ0n) is 11.5. The molecule has 1 amide bonds. The minimum atomic E-state index is 0.0384. The summed E-state index contributed by atoms with van der Waals surface area (Å²) in [5.41, 5.74) is 6.96. The Morgan fingerprint density at radius 2 is 2.16 bits per heavy atom. The van der Waals surface area contributed by atoms with Crippen LogP contribution in [0.15, 0.2) is 28.7 Å². The molecule has 1 aromatic carbocycles. The van der Waals surface area contributed by atoms with Crippen LogP contribution in [0.1, 0.15) is 38.3 Å². The fraction of sp³-hybridized carbons (Fsp3) is 0.533. The quantitative estimate of drug-likeness (QED) is 0.904. The van der Waals surface area contributed by atoms with Crippen LogP contribution < -0.4 is 5.73 Å². The smallest absolute Gasteiger partial charge is 0.227 e. The number of nitrogens with zero attached hydrogens (tertiary/aromatic N) is 1. The molecular weight excluding hydrogens is 304 g/mol. The summed E-state index contributed by atoms with van der Waals surface area (Å²) in [6.07, 6.45) is 1.80. The number of nitrogens with two attached hydrogens (primary N) is 1. The van der Waals surface area contributed by atoms with Crippen molar-refractivity contribution in [3.05, 3.63) is 34.3 Å². The first-order chi connectivity index (χ1) is 9.06. The molecule has 3 unspecified atom stereocenters. The van der Waals surface area contributed by atoms with E-state index in [1.54, 1.807) is 0 Å². The maximum absolute atomic E-state index is 12.5. The number of benzene rings is 1. The highest BCUT2D eigenvalue weighted by atomic mass is 79.9. The molecule has 0 spiro atoms. The molecule has 4 heteroatoms. The van der Waals surface area contributed by atoms with Crippen molar-refractivity contribution in [2.45, 2.75) is 38.8 Å². The van der Waals surface area contributed by atoms with E-state index >= 15 is 0 Å². The van der Waals surface area contributed by atoms with Crippen LogP contribution in [0.5, 0.6) is 0 Å². The molecule has 1 fully saturated rings. The van der Waals surface area contributed by atoms with Crippen molar-refractivity contribution < 1.29 is 4.79 Å². The molecule has 1 aliphatic carbocycles. The lowest BCUT2D eigenvalue weighted by molar-refractivity contribution is -0.134. The van der Waals surface area contributed by atoms with Crippen molar-refractivity contribution in [3.8, 4) is 0 Å². The van der Waals surface area contributed by atoms with Gasteiger partial charge in [0.1, 0.15) is 0 Å². The summed E-state index contributed by atoms with van der Waals surface area (Å²) in [5.74, 6) is 0.245. The summed E-state index contributed by atoms with van der Waals surface area (Å²) in [4.78, 5) is 14.4. The largest absolute Gasteiger partial charge is 0.336 e. The first kappa shape index (κ1) is 14.5. The zero-order chi connectivity index (χ0) is 14.0. The molecule has 1 saturated carbocycles. The van der Waals surface area contributed by atoms with Gasteiger partial charge in [0.25, 0.3) is 0 Å². The molecular formula is C15H21BrN2O. The number of rotatable bonds is 5. The second kappa shape index (κ2) is 6.06. The van der Waals surface area contributed by atoms with E-state index in [4.69, 9.17) is 5.73 Å². The molecule has 19 heavy (non-hydrogen) atoms. The number of carbonyl (C=O) groups is 1. The van der Waals surface area contributed by atoms with Crippen molar-refractivity contribution in [3.63, 3.8) is 0 Å². The van der Waals surface area contributed by atoms with Gasteiger partial charge in [-0.1, -0.05) is 41.1 Å². The van der Waals surface area contributed by atoms with Gasteiger partial charge in [-0.3, -0.25) is 4.79 Å². The molecule has 3 atom stereocenters. The summed E-state index contributed by atoms with van der Waals surface area (Å²) in [6, 6.07) is 8.23. The van der Waals surface area contributed by atoms with Crippen LogP contribution >= 0.6 is 15.9 Å². The van der Waals surface area contributed by atoms with Crippen molar-refractivity contribution in [1.82, 2.24) is 4.90 Å². The molecule has 104 valence electrons. The van der Waals surface area contributed by atoms with Gasteiger partial charge in [0.15, 0.2) is 0 Å². The minimum Gasteiger partial charge on any atom is -0.336 e. The predicted octanol–water partition coefficient (Wildman–Crippen LogP) is 3.10. The summed E-state index contributed by atoms with van der Waals surface area (Å²) >= 11 is 3.57. The van der Waals surface area contributed by atoms with Gasteiger partial charge in [0, 0.05) is 17.1 Å². The molecule has 1 aliphatic rings. The number of halogens is 1. The highest BCUT2D eigenvalue weighted by Crippen LogP contribution is 2.34. The van der Waals surface area contributed by atoms with Crippen LogP contribution in [-0.4, -0.2) is 23.4 Å². The molecule has 0 radical (unpaired) electrons. The third-order valence-corrected chi connectivity index (χ3v) is 4.45. The molecule has 2 N–H and O–H groups in total. The maximum atomic E-state index is 12.5. The number of amides is 1. The SMILES string of the molecule is CCCN(C(=O)C1CC1N)C(C)c1ccccc1Br. The summed E-state index contributed by atoms with van der Waals surface area (Å²) < 4.78 is 1.05. The summed E-state index contributed by atoms with van der Waals surface area (Å²) in [6.45, 7) is 4.96. The molecule has 0 aliphatic heterocycles. The molecule has 0 aromatic heterocycles. The average Bonchev–Trinajstić information content (AvgIpc) is 3.12. The van der Waals surface area contributed by atoms with E-state index in [1.165, 1.54) is 0 Å². The monoisotopic (exact) mass is 324 g/mol. The lowest BCUT2D eigenvalue weighted by Gasteiger charge is -2.30. The van der Waals surface area contributed by atoms with Gasteiger partial charge in [0.05, 0.1) is 12.0 Å². The standard InChI is InChI=1S/C15H21BrN2O/c1-3-8-18(15(19)12-9-14(12)17)10(2)11-6-4-5-7-13(11)16/h4-7,10,12,14H,3,8-9,17H2,1-2H3. The summed E-state index contributed by atoms with van der Waals surface area (Å²) in [5, 5.41) is 0. The van der Waals surface area contributed by atoms with E-state index < -0.39 is 0 Å². The Labute approximate surface area is 123 Å². The first-order valence-corrected chi connectivity index (χ1v) is 7.66. The molecule has 1 aromatic rings. The van der Waals surface area contributed by atoms with Crippen LogP contribution in [0.3, 0.4) is 0 Å². The van der Waals surface area contributed by atoms with Gasteiger partial charge in [-0.05, 0) is 31.4 Å². The minimum absolute atomic E-state index is 0.0384. The first-order valence-electron chi connectivity index (χ1n) is 6.86. The lowest BCUT2D eigenvalue weighted by Crippen LogP contribution is -2.36. The van der Waals surface area contributed by atoms with Gasteiger partial charge in [-0.2, -0.15) is 0 Å². The molecule has 2 rings (SSSR count). The van der Waals surface area contributed by atoms with Crippen LogP contribution in [-0.2, 0) is 4.79 Å². The van der Waals surface area contributed by atoms with Crippen LogP contribution in [0.4, 0.5) is 0 Å². The molecule has 0 bridgehead atoms. The lowest BCUT2D eigenvalue weighted by atomic mass is 10.1. The van der Waals surface area contributed by atoms with Gasteiger partial charge >= 0.3 is 0 Å². The van der Waals surface area contributed by atoms with E-state index in [9.17, 15) is 4.79 Å². The van der Waals surface area contributed by atoms with E-state index in [1.807, 2.05) is 23.1 Å². The second-order valence-electron chi connectivity index (χ2n) is 5.24. The third-order valence-electron chi connectivity index (χ3n) is 3.73. The highest BCUT2D eigenvalue weighted by molar-refractivity contribution is 9.10. The van der Waals surface area contributed by atoms with Crippen molar-refractivity contribution in [2.75, 3.05) is 6.54 Å². The van der Waals surface area contributed by atoms with Gasteiger partial charge in [0.2, 0.25) is 5.91 Å². The normalized spacial score (nSPS) is 22.9. The van der Waals surface area contributed by atoms with Crippen molar-refractivity contribution in [2.24, 2.45) is 11.7 Å². The van der Waals surface area contributed by atoms with Crippen molar-refractivity contribution >= 4 is 21.8 Å². The average molecular weight is 325 g/mol. The van der Waals surface area contributed by atoms with Crippen molar-refractivity contribution in [1.29, 1.82) is 0 Å². The van der Waals surface area contributed by atoms with Crippen LogP contribution in [0.25, 0.3) is 0 Å².